The van der Waals surface area contributed by atoms with E-state index in [1.54, 1.807) is 18.7 Å². The van der Waals surface area contributed by atoms with E-state index in [0.717, 1.165) is 6.54 Å². The third-order valence-electron chi connectivity index (χ3n) is 3.15. The summed E-state index contributed by atoms with van der Waals surface area (Å²) in [7, 11) is 1.77. The lowest BCUT2D eigenvalue weighted by atomic mass is 10.1. The average Bonchev–Trinajstić information content (AvgIpc) is 2.63. The number of aromatic nitrogens is 2. The minimum Gasteiger partial charge on any atom is -0.368 e. The van der Waals surface area contributed by atoms with Crippen LogP contribution in [0.1, 0.15) is 11.3 Å². The number of rotatable bonds is 2. The Hall–Kier alpha value is -2.07. The molecular weight excluding hydrogens is 232 g/mol. The van der Waals surface area contributed by atoms with E-state index in [1.807, 2.05) is 4.90 Å². The van der Waals surface area contributed by atoms with Gasteiger partial charge in [-0.1, -0.05) is 0 Å². The lowest BCUT2D eigenvalue weighted by Gasteiger charge is -2.35. The molecule has 0 aromatic carbocycles. The van der Waals surface area contributed by atoms with Gasteiger partial charge in [-0.25, -0.2) is 0 Å². The second-order valence-electron chi connectivity index (χ2n) is 4.34. The standard InChI is InChI=1S/C11H16N6O/c1-7-8(5-12)11(16(2)15-7)17-4-3-14-6-9(17)10(13)18/h9,14H,3-4,6H2,1-2H3,(H2,13,18). The van der Waals surface area contributed by atoms with Gasteiger partial charge >= 0.3 is 0 Å². The molecule has 96 valence electrons. The highest BCUT2D eigenvalue weighted by molar-refractivity contribution is 5.84. The van der Waals surface area contributed by atoms with E-state index in [-0.39, 0.29) is 0 Å². The van der Waals surface area contributed by atoms with Gasteiger partial charge in [-0.05, 0) is 6.92 Å². The zero-order valence-corrected chi connectivity index (χ0v) is 10.5. The fraction of sp³-hybridized carbons (Fsp3) is 0.545. The molecular formula is C11H16N6O. The van der Waals surface area contributed by atoms with Crippen LogP contribution < -0.4 is 16.0 Å². The predicted molar refractivity (Wildman–Crippen MR) is 65.9 cm³/mol. The molecule has 1 amide bonds. The maximum Gasteiger partial charge on any atom is 0.241 e. The number of hydrogen-bond acceptors (Lipinski definition) is 5. The van der Waals surface area contributed by atoms with Gasteiger partial charge in [-0.15, -0.1) is 0 Å². The van der Waals surface area contributed by atoms with Crippen LogP contribution in [0.5, 0.6) is 0 Å². The Morgan fingerprint density at radius 2 is 2.39 bits per heavy atom. The molecule has 1 aromatic rings. The molecule has 1 fully saturated rings. The smallest absolute Gasteiger partial charge is 0.241 e. The summed E-state index contributed by atoms with van der Waals surface area (Å²) in [5, 5.41) is 16.6. The molecule has 0 radical (unpaired) electrons. The van der Waals surface area contributed by atoms with Crippen molar-refractivity contribution in [1.82, 2.24) is 15.1 Å². The van der Waals surface area contributed by atoms with E-state index in [2.05, 4.69) is 16.5 Å². The topological polar surface area (TPSA) is 100.0 Å². The van der Waals surface area contributed by atoms with Crippen molar-refractivity contribution in [3.05, 3.63) is 11.3 Å². The number of anilines is 1. The SMILES string of the molecule is Cc1nn(C)c(N2CCNCC2C(N)=O)c1C#N. The first-order valence-corrected chi connectivity index (χ1v) is 5.76. The number of nitrogens with two attached hydrogens (primary N) is 1. The normalized spacial score (nSPS) is 19.6. The van der Waals surface area contributed by atoms with Gasteiger partial charge < -0.3 is 16.0 Å². The molecule has 7 heteroatoms. The van der Waals surface area contributed by atoms with Gasteiger partial charge in [0.15, 0.2) is 0 Å². The van der Waals surface area contributed by atoms with Crippen molar-refractivity contribution in [1.29, 1.82) is 5.26 Å². The largest absolute Gasteiger partial charge is 0.368 e. The van der Waals surface area contributed by atoms with Gasteiger partial charge in [0, 0.05) is 26.7 Å². The van der Waals surface area contributed by atoms with Gasteiger partial charge in [-0.2, -0.15) is 10.4 Å². The first kappa shape index (κ1) is 12.4. The van der Waals surface area contributed by atoms with Crippen molar-refractivity contribution in [2.24, 2.45) is 12.8 Å². The highest BCUT2D eigenvalue weighted by Crippen LogP contribution is 2.24. The number of nitrogens with one attached hydrogen (secondary N) is 1. The quantitative estimate of drug-likeness (QED) is 0.689. The van der Waals surface area contributed by atoms with E-state index < -0.39 is 11.9 Å². The molecule has 2 heterocycles. The number of hydrogen-bond donors (Lipinski definition) is 2. The highest BCUT2D eigenvalue weighted by Gasteiger charge is 2.31. The molecule has 1 aromatic heterocycles. The van der Waals surface area contributed by atoms with Crippen molar-refractivity contribution < 1.29 is 4.79 Å². The molecule has 0 saturated carbocycles. The molecule has 3 N–H and O–H groups in total. The number of piperazine rings is 1. The Morgan fingerprint density at radius 1 is 1.67 bits per heavy atom. The van der Waals surface area contributed by atoms with Crippen molar-refractivity contribution in [3.8, 4) is 6.07 Å². The Morgan fingerprint density at radius 3 is 3.00 bits per heavy atom. The second-order valence-corrected chi connectivity index (χ2v) is 4.34. The Balaban J connectivity index is 2.46. The summed E-state index contributed by atoms with van der Waals surface area (Å²) < 4.78 is 1.63. The minimum absolute atomic E-state index is 0.398. The first-order valence-electron chi connectivity index (χ1n) is 5.76. The van der Waals surface area contributed by atoms with Gasteiger partial charge in [-0.3, -0.25) is 9.48 Å². The van der Waals surface area contributed by atoms with E-state index >= 15 is 0 Å². The second kappa shape index (κ2) is 4.66. The van der Waals surface area contributed by atoms with E-state index in [1.165, 1.54) is 0 Å². The minimum atomic E-state index is -0.444. The summed E-state index contributed by atoms with van der Waals surface area (Å²) in [5.41, 5.74) is 6.58. The third kappa shape index (κ3) is 1.91. The molecule has 1 aliphatic heterocycles. The molecule has 0 bridgehead atoms. The number of aryl methyl sites for hydroxylation is 2. The number of carbonyl (C=O) groups is 1. The average molecular weight is 248 g/mol. The van der Waals surface area contributed by atoms with Crippen molar-refractivity contribution in [2.75, 3.05) is 24.5 Å². The first-order chi connectivity index (χ1) is 8.56. The number of nitriles is 1. The molecule has 2 rings (SSSR count). The Bertz CT molecular complexity index is 514. The van der Waals surface area contributed by atoms with Gasteiger partial charge in [0.05, 0.1) is 5.69 Å². The zero-order chi connectivity index (χ0) is 13.3. The van der Waals surface area contributed by atoms with Gasteiger partial charge in [0.1, 0.15) is 23.5 Å². The molecule has 0 aliphatic carbocycles. The van der Waals surface area contributed by atoms with E-state index in [4.69, 9.17) is 5.73 Å². The maximum atomic E-state index is 11.5. The maximum absolute atomic E-state index is 11.5. The van der Waals surface area contributed by atoms with Crippen LogP contribution in [0.25, 0.3) is 0 Å². The molecule has 0 spiro atoms. The van der Waals surface area contributed by atoms with Crippen LogP contribution in [-0.2, 0) is 11.8 Å². The zero-order valence-electron chi connectivity index (χ0n) is 10.5. The van der Waals surface area contributed by atoms with Gasteiger partial charge in [0.25, 0.3) is 0 Å². The fourth-order valence-electron chi connectivity index (χ4n) is 2.32. The van der Waals surface area contributed by atoms with Gasteiger partial charge in [0.2, 0.25) is 5.91 Å². The number of carbonyl (C=O) groups excluding carboxylic acids is 1. The van der Waals surface area contributed by atoms with E-state index in [0.29, 0.717) is 30.2 Å². The molecule has 1 saturated heterocycles. The lowest BCUT2D eigenvalue weighted by Crippen LogP contribution is -2.57. The summed E-state index contributed by atoms with van der Waals surface area (Å²) in [6.45, 7) is 3.65. The summed E-state index contributed by atoms with van der Waals surface area (Å²) in [6.07, 6.45) is 0. The van der Waals surface area contributed by atoms with Crippen molar-refractivity contribution >= 4 is 11.7 Å². The van der Waals surface area contributed by atoms with Crippen LogP contribution in [0, 0.1) is 18.3 Å². The van der Waals surface area contributed by atoms with Crippen LogP contribution in [0.15, 0.2) is 0 Å². The molecule has 1 unspecified atom stereocenters. The summed E-state index contributed by atoms with van der Waals surface area (Å²) in [6, 6.07) is 1.70. The number of amides is 1. The fourth-order valence-corrected chi connectivity index (χ4v) is 2.32. The molecule has 18 heavy (non-hydrogen) atoms. The van der Waals surface area contributed by atoms with Crippen molar-refractivity contribution in [3.63, 3.8) is 0 Å². The summed E-state index contributed by atoms with van der Waals surface area (Å²) in [5.74, 6) is 0.269. The lowest BCUT2D eigenvalue weighted by molar-refractivity contribution is -0.119. The predicted octanol–water partition coefficient (Wildman–Crippen LogP) is -1.14. The van der Waals surface area contributed by atoms with Crippen molar-refractivity contribution in [2.45, 2.75) is 13.0 Å². The van der Waals surface area contributed by atoms with Crippen LogP contribution in [0.3, 0.4) is 0 Å². The summed E-state index contributed by atoms with van der Waals surface area (Å²) >= 11 is 0. The number of primary amides is 1. The van der Waals surface area contributed by atoms with Crippen LogP contribution in [-0.4, -0.2) is 41.4 Å². The Kier molecular flexibility index (Phi) is 3.21. The highest BCUT2D eigenvalue weighted by atomic mass is 16.1. The van der Waals surface area contributed by atoms with Crippen LogP contribution in [0.4, 0.5) is 5.82 Å². The van der Waals surface area contributed by atoms with Crippen LogP contribution in [0.2, 0.25) is 0 Å². The molecule has 7 nitrogen and oxygen atoms in total. The Labute approximate surface area is 105 Å². The number of nitrogens with zero attached hydrogens (tertiary/aromatic N) is 4. The molecule has 1 aliphatic rings. The third-order valence-corrected chi connectivity index (χ3v) is 3.15. The van der Waals surface area contributed by atoms with Crippen LogP contribution >= 0.6 is 0 Å². The summed E-state index contributed by atoms with van der Waals surface area (Å²) in [4.78, 5) is 13.3. The monoisotopic (exact) mass is 248 g/mol. The molecule has 1 atom stereocenters. The van der Waals surface area contributed by atoms with E-state index in [9.17, 15) is 10.1 Å².